The molecular formula is C16H32N2. The van der Waals surface area contributed by atoms with Crippen molar-refractivity contribution >= 4 is 0 Å². The monoisotopic (exact) mass is 252 g/mol. The summed E-state index contributed by atoms with van der Waals surface area (Å²) in [6.07, 6.45) is 8.45. The second-order valence-electron chi connectivity index (χ2n) is 6.54. The van der Waals surface area contributed by atoms with Crippen molar-refractivity contribution in [3.05, 3.63) is 0 Å². The van der Waals surface area contributed by atoms with Crippen LogP contribution in [-0.2, 0) is 0 Å². The molecule has 1 aliphatic carbocycles. The normalized spacial score (nSPS) is 35.8. The minimum atomic E-state index is 0.754. The molecule has 0 aromatic heterocycles. The molecule has 18 heavy (non-hydrogen) atoms. The van der Waals surface area contributed by atoms with Crippen LogP contribution in [0.4, 0.5) is 0 Å². The van der Waals surface area contributed by atoms with Gasteiger partial charge in [-0.05, 0) is 63.6 Å². The van der Waals surface area contributed by atoms with Gasteiger partial charge in [-0.25, -0.2) is 0 Å². The lowest BCUT2D eigenvalue weighted by Crippen LogP contribution is -2.54. The topological polar surface area (TPSA) is 15.3 Å². The molecule has 3 atom stereocenters. The van der Waals surface area contributed by atoms with Gasteiger partial charge in [0.25, 0.3) is 0 Å². The molecule has 0 amide bonds. The number of hydrogen-bond acceptors (Lipinski definition) is 2. The van der Waals surface area contributed by atoms with Crippen molar-refractivity contribution in [2.75, 3.05) is 19.6 Å². The third kappa shape index (κ3) is 3.48. The Morgan fingerprint density at radius 1 is 1.06 bits per heavy atom. The molecule has 1 N–H and O–H groups in total. The molecule has 2 rings (SSSR count). The second kappa shape index (κ2) is 6.91. The van der Waals surface area contributed by atoms with E-state index in [0.29, 0.717) is 0 Å². The lowest BCUT2D eigenvalue weighted by Gasteiger charge is -2.45. The maximum Gasteiger partial charge on any atom is 0.0251 e. The molecular weight excluding hydrogens is 220 g/mol. The third-order valence-corrected chi connectivity index (χ3v) is 5.24. The van der Waals surface area contributed by atoms with E-state index in [0.717, 1.165) is 30.5 Å². The third-order valence-electron chi connectivity index (χ3n) is 5.24. The molecule has 1 saturated carbocycles. The molecule has 0 aromatic rings. The Labute approximate surface area is 114 Å². The number of nitrogens with zero attached hydrogens (tertiary/aromatic N) is 1. The largest absolute Gasteiger partial charge is 0.313 e. The molecule has 1 saturated heterocycles. The van der Waals surface area contributed by atoms with Gasteiger partial charge in [0.1, 0.15) is 0 Å². The number of nitrogens with one attached hydrogen (secondary N) is 1. The van der Waals surface area contributed by atoms with Gasteiger partial charge in [-0.1, -0.05) is 27.2 Å². The minimum absolute atomic E-state index is 0.754. The van der Waals surface area contributed by atoms with E-state index in [1.807, 2.05) is 0 Å². The van der Waals surface area contributed by atoms with Crippen LogP contribution in [-0.4, -0.2) is 36.6 Å². The summed E-state index contributed by atoms with van der Waals surface area (Å²) in [5.74, 6) is 1.92. The van der Waals surface area contributed by atoms with Gasteiger partial charge >= 0.3 is 0 Å². The fraction of sp³-hybridized carbons (Fsp3) is 1.00. The van der Waals surface area contributed by atoms with E-state index in [-0.39, 0.29) is 0 Å². The van der Waals surface area contributed by atoms with Crippen LogP contribution < -0.4 is 5.32 Å². The lowest BCUT2D eigenvalue weighted by atomic mass is 9.81. The summed E-state index contributed by atoms with van der Waals surface area (Å²) < 4.78 is 0. The van der Waals surface area contributed by atoms with Crippen molar-refractivity contribution in [1.82, 2.24) is 10.2 Å². The summed E-state index contributed by atoms with van der Waals surface area (Å²) in [5, 5.41) is 3.74. The molecule has 2 heteroatoms. The highest BCUT2D eigenvalue weighted by Gasteiger charge is 2.33. The summed E-state index contributed by atoms with van der Waals surface area (Å²) in [7, 11) is 0. The van der Waals surface area contributed by atoms with Crippen molar-refractivity contribution in [2.45, 2.75) is 71.4 Å². The fourth-order valence-corrected chi connectivity index (χ4v) is 3.95. The van der Waals surface area contributed by atoms with E-state index in [1.54, 1.807) is 0 Å². The molecule has 1 aliphatic heterocycles. The zero-order valence-corrected chi connectivity index (χ0v) is 12.6. The summed E-state index contributed by atoms with van der Waals surface area (Å²) in [6.45, 7) is 10.9. The average molecular weight is 252 g/mol. The van der Waals surface area contributed by atoms with Gasteiger partial charge in [-0.2, -0.15) is 0 Å². The Hall–Kier alpha value is -0.0800. The highest BCUT2D eigenvalue weighted by atomic mass is 15.2. The molecule has 0 spiro atoms. The summed E-state index contributed by atoms with van der Waals surface area (Å²) in [4.78, 5) is 2.80. The maximum absolute atomic E-state index is 3.74. The van der Waals surface area contributed by atoms with Gasteiger partial charge in [0.05, 0.1) is 0 Å². The molecule has 2 aliphatic rings. The van der Waals surface area contributed by atoms with E-state index in [9.17, 15) is 0 Å². The molecule has 0 radical (unpaired) electrons. The van der Waals surface area contributed by atoms with Crippen LogP contribution in [0.3, 0.4) is 0 Å². The summed E-state index contributed by atoms with van der Waals surface area (Å²) in [5.41, 5.74) is 0. The maximum atomic E-state index is 3.74. The van der Waals surface area contributed by atoms with Crippen molar-refractivity contribution in [3.8, 4) is 0 Å². The van der Waals surface area contributed by atoms with Gasteiger partial charge in [0.15, 0.2) is 0 Å². The minimum Gasteiger partial charge on any atom is -0.313 e. The van der Waals surface area contributed by atoms with Crippen molar-refractivity contribution in [2.24, 2.45) is 11.8 Å². The molecule has 0 bridgehead atoms. The Morgan fingerprint density at radius 3 is 2.39 bits per heavy atom. The number of likely N-dealkylation sites (N-methyl/N-ethyl adjacent to an activating group) is 1. The van der Waals surface area contributed by atoms with Gasteiger partial charge in [-0.3, -0.25) is 4.90 Å². The average Bonchev–Trinajstić information content (AvgIpc) is 2.41. The summed E-state index contributed by atoms with van der Waals surface area (Å²) in [6, 6.07) is 1.57. The first kappa shape index (κ1) is 14.3. The predicted molar refractivity (Wildman–Crippen MR) is 78.9 cm³/mol. The SMILES string of the molecule is CCNC1CCC(C)CC1N1CCC(CC)CC1. The van der Waals surface area contributed by atoms with Gasteiger partial charge in [-0.15, -0.1) is 0 Å². The van der Waals surface area contributed by atoms with Gasteiger partial charge in [0, 0.05) is 12.1 Å². The van der Waals surface area contributed by atoms with Crippen LogP contribution in [0.25, 0.3) is 0 Å². The quantitative estimate of drug-likeness (QED) is 0.826. The van der Waals surface area contributed by atoms with E-state index in [2.05, 4.69) is 31.0 Å². The Kier molecular flexibility index (Phi) is 5.50. The van der Waals surface area contributed by atoms with Crippen LogP contribution in [0.5, 0.6) is 0 Å². The Bertz CT molecular complexity index is 233. The van der Waals surface area contributed by atoms with E-state index in [1.165, 1.54) is 51.6 Å². The van der Waals surface area contributed by atoms with Gasteiger partial charge < -0.3 is 5.32 Å². The zero-order chi connectivity index (χ0) is 13.0. The molecule has 3 unspecified atom stereocenters. The smallest absolute Gasteiger partial charge is 0.0251 e. The van der Waals surface area contributed by atoms with Crippen molar-refractivity contribution < 1.29 is 0 Å². The Balaban J connectivity index is 1.91. The van der Waals surface area contributed by atoms with E-state index < -0.39 is 0 Å². The highest BCUT2D eigenvalue weighted by molar-refractivity contribution is 4.91. The first-order chi connectivity index (χ1) is 8.74. The van der Waals surface area contributed by atoms with Crippen molar-refractivity contribution in [1.29, 1.82) is 0 Å². The van der Waals surface area contributed by atoms with Crippen molar-refractivity contribution in [3.63, 3.8) is 0 Å². The van der Waals surface area contributed by atoms with Crippen LogP contribution in [0.1, 0.15) is 59.3 Å². The number of hydrogen-bond donors (Lipinski definition) is 1. The number of likely N-dealkylation sites (tertiary alicyclic amines) is 1. The standard InChI is InChI=1S/C16H32N2/c1-4-14-8-10-18(11-9-14)16-12-13(3)6-7-15(16)17-5-2/h13-17H,4-12H2,1-3H3. The molecule has 2 nitrogen and oxygen atoms in total. The molecule has 106 valence electrons. The first-order valence-electron chi connectivity index (χ1n) is 8.22. The number of rotatable bonds is 4. The number of piperidine rings is 1. The van der Waals surface area contributed by atoms with E-state index >= 15 is 0 Å². The van der Waals surface area contributed by atoms with Crippen LogP contribution in [0, 0.1) is 11.8 Å². The van der Waals surface area contributed by atoms with Crippen LogP contribution in [0.2, 0.25) is 0 Å². The van der Waals surface area contributed by atoms with Crippen LogP contribution >= 0.6 is 0 Å². The second-order valence-corrected chi connectivity index (χ2v) is 6.54. The fourth-order valence-electron chi connectivity index (χ4n) is 3.95. The van der Waals surface area contributed by atoms with Gasteiger partial charge in [0.2, 0.25) is 0 Å². The highest BCUT2D eigenvalue weighted by Crippen LogP contribution is 2.31. The van der Waals surface area contributed by atoms with Crippen LogP contribution in [0.15, 0.2) is 0 Å². The van der Waals surface area contributed by atoms with E-state index in [4.69, 9.17) is 0 Å². The molecule has 0 aromatic carbocycles. The molecule has 1 heterocycles. The zero-order valence-electron chi connectivity index (χ0n) is 12.6. The Morgan fingerprint density at radius 2 is 1.78 bits per heavy atom. The molecule has 2 fully saturated rings. The lowest BCUT2D eigenvalue weighted by molar-refractivity contribution is 0.0679. The summed E-state index contributed by atoms with van der Waals surface area (Å²) >= 11 is 0. The first-order valence-corrected chi connectivity index (χ1v) is 8.22. The predicted octanol–water partition coefficient (Wildman–Crippen LogP) is 3.28.